The quantitative estimate of drug-likeness (QED) is 0.668. The number of hydrogen-bond acceptors (Lipinski definition) is 6. The predicted octanol–water partition coefficient (Wildman–Crippen LogP) is 3.57. The lowest BCUT2D eigenvalue weighted by molar-refractivity contribution is 0.361. The smallest absolute Gasteiger partial charge is 0.155 e. The SMILES string of the molecule is CC1(N)CCN(c2nc(N)c(C(=N)c3cccc(Cl)c3Cl)nc2CF)CC1. The van der Waals surface area contributed by atoms with Crippen molar-refractivity contribution in [2.75, 3.05) is 23.7 Å². The third-order valence-corrected chi connectivity index (χ3v) is 5.58. The monoisotopic (exact) mass is 410 g/mol. The van der Waals surface area contributed by atoms with E-state index >= 15 is 0 Å². The lowest BCUT2D eigenvalue weighted by Crippen LogP contribution is -2.48. The second-order valence-corrected chi connectivity index (χ2v) is 7.76. The summed E-state index contributed by atoms with van der Waals surface area (Å²) < 4.78 is 13.7. The zero-order chi connectivity index (χ0) is 19.8. The first-order valence-electron chi connectivity index (χ1n) is 8.53. The van der Waals surface area contributed by atoms with Crippen molar-refractivity contribution >= 4 is 40.5 Å². The van der Waals surface area contributed by atoms with Crippen molar-refractivity contribution in [2.24, 2.45) is 5.73 Å². The number of anilines is 2. The van der Waals surface area contributed by atoms with Gasteiger partial charge in [-0.3, -0.25) is 5.41 Å². The maximum Gasteiger partial charge on any atom is 0.155 e. The molecule has 0 aliphatic carbocycles. The Morgan fingerprint density at radius 2 is 1.96 bits per heavy atom. The normalized spacial score (nSPS) is 16.4. The highest BCUT2D eigenvalue weighted by molar-refractivity contribution is 6.44. The van der Waals surface area contributed by atoms with E-state index in [0.717, 1.165) is 12.8 Å². The number of hydrogen-bond donors (Lipinski definition) is 3. The number of halogens is 3. The average Bonchev–Trinajstić information content (AvgIpc) is 2.63. The van der Waals surface area contributed by atoms with E-state index < -0.39 is 6.67 Å². The number of benzene rings is 1. The van der Waals surface area contributed by atoms with Crippen molar-refractivity contribution in [3.63, 3.8) is 0 Å². The number of nitrogens with one attached hydrogen (secondary N) is 1. The van der Waals surface area contributed by atoms with Crippen molar-refractivity contribution in [3.8, 4) is 0 Å². The Kier molecular flexibility index (Phi) is 5.55. The van der Waals surface area contributed by atoms with E-state index in [1.54, 1.807) is 18.2 Å². The van der Waals surface area contributed by atoms with Crippen LogP contribution in [0.1, 0.15) is 36.7 Å². The molecular weight excluding hydrogens is 390 g/mol. The number of nitrogens with zero attached hydrogens (tertiary/aromatic N) is 3. The van der Waals surface area contributed by atoms with Gasteiger partial charge in [0.15, 0.2) is 11.6 Å². The van der Waals surface area contributed by atoms with Crippen LogP contribution >= 0.6 is 23.2 Å². The summed E-state index contributed by atoms with van der Waals surface area (Å²) in [5.74, 6) is 0.448. The molecule has 6 nitrogen and oxygen atoms in total. The van der Waals surface area contributed by atoms with Crippen LogP contribution in [0.25, 0.3) is 0 Å². The zero-order valence-electron chi connectivity index (χ0n) is 14.9. The fourth-order valence-corrected chi connectivity index (χ4v) is 3.45. The standard InChI is InChI=1S/C18H21Cl2FN6/c1-18(24)5-7-27(8-6-18)17-12(9-21)25-15(16(23)26-17)14(22)10-3-2-4-11(19)13(10)20/h2-4,22H,5-9,24H2,1H3,(H2,23,26). The van der Waals surface area contributed by atoms with Gasteiger partial charge < -0.3 is 16.4 Å². The van der Waals surface area contributed by atoms with Crippen molar-refractivity contribution in [1.29, 1.82) is 5.41 Å². The van der Waals surface area contributed by atoms with Crippen LogP contribution in [0.2, 0.25) is 10.0 Å². The molecule has 0 saturated carbocycles. The maximum absolute atomic E-state index is 13.7. The van der Waals surface area contributed by atoms with E-state index in [9.17, 15) is 4.39 Å². The Morgan fingerprint density at radius 3 is 2.59 bits per heavy atom. The van der Waals surface area contributed by atoms with E-state index in [0.29, 0.717) is 29.5 Å². The lowest BCUT2D eigenvalue weighted by atomic mass is 9.91. The molecule has 27 heavy (non-hydrogen) atoms. The molecule has 0 bridgehead atoms. The summed E-state index contributed by atoms with van der Waals surface area (Å²) in [7, 11) is 0. The minimum Gasteiger partial charge on any atom is -0.382 e. The predicted molar refractivity (Wildman–Crippen MR) is 108 cm³/mol. The molecule has 0 atom stereocenters. The first-order valence-corrected chi connectivity index (χ1v) is 9.28. The number of rotatable bonds is 4. The van der Waals surface area contributed by atoms with E-state index in [2.05, 4.69) is 9.97 Å². The van der Waals surface area contributed by atoms with E-state index in [4.69, 9.17) is 40.1 Å². The number of nitrogens with two attached hydrogens (primary N) is 2. The lowest BCUT2D eigenvalue weighted by Gasteiger charge is -2.37. The Bertz CT molecular complexity index is 876. The zero-order valence-corrected chi connectivity index (χ0v) is 16.4. The van der Waals surface area contributed by atoms with Crippen LogP contribution in [0.3, 0.4) is 0 Å². The molecule has 9 heteroatoms. The molecule has 0 radical (unpaired) electrons. The van der Waals surface area contributed by atoms with E-state index in [1.165, 1.54) is 0 Å². The minimum atomic E-state index is -0.817. The molecule has 3 rings (SSSR count). The molecule has 144 valence electrons. The van der Waals surface area contributed by atoms with Crippen LogP contribution in [-0.4, -0.2) is 34.3 Å². The molecule has 2 heterocycles. The Hall–Kier alpha value is -1.96. The molecule has 0 amide bonds. The minimum absolute atomic E-state index is 0.0457. The van der Waals surface area contributed by atoms with Crippen LogP contribution < -0.4 is 16.4 Å². The number of piperidine rings is 1. The summed E-state index contributed by atoms with van der Waals surface area (Å²) in [6, 6.07) is 4.92. The summed E-state index contributed by atoms with van der Waals surface area (Å²) in [6.07, 6.45) is 1.52. The highest BCUT2D eigenvalue weighted by Gasteiger charge is 2.29. The molecular formula is C18H21Cl2FN6. The van der Waals surface area contributed by atoms with Gasteiger partial charge in [-0.15, -0.1) is 0 Å². The van der Waals surface area contributed by atoms with Gasteiger partial charge in [-0.25, -0.2) is 14.4 Å². The van der Waals surface area contributed by atoms with Crippen molar-refractivity contribution in [2.45, 2.75) is 32.0 Å². The number of alkyl halides is 1. The van der Waals surface area contributed by atoms with Gasteiger partial charge in [0.05, 0.1) is 15.8 Å². The van der Waals surface area contributed by atoms with Gasteiger partial charge in [0.1, 0.15) is 18.1 Å². The maximum atomic E-state index is 13.7. The van der Waals surface area contributed by atoms with E-state index in [-0.39, 0.29) is 33.5 Å². The van der Waals surface area contributed by atoms with Crippen molar-refractivity contribution < 1.29 is 4.39 Å². The summed E-state index contributed by atoms with van der Waals surface area (Å²) in [5.41, 5.74) is 12.5. The third kappa shape index (κ3) is 4.00. The molecule has 1 saturated heterocycles. The molecule has 1 aliphatic rings. The summed E-state index contributed by atoms with van der Waals surface area (Å²) in [6.45, 7) is 2.47. The topological polar surface area (TPSA) is 105 Å². The largest absolute Gasteiger partial charge is 0.382 e. The van der Waals surface area contributed by atoms with Gasteiger partial charge in [0, 0.05) is 24.2 Å². The van der Waals surface area contributed by atoms with Crippen LogP contribution in [0.4, 0.5) is 16.0 Å². The van der Waals surface area contributed by atoms with E-state index in [1.807, 2.05) is 11.8 Å². The summed E-state index contributed by atoms with van der Waals surface area (Å²) in [4.78, 5) is 10.6. The highest BCUT2D eigenvalue weighted by Crippen LogP contribution is 2.30. The molecule has 1 fully saturated rings. The Morgan fingerprint density at radius 1 is 1.30 bits per heavy atom. The molecule has 5 N–H and O–H groups in total. The Labute approximate surface area is 167 Å². The van der Waals surface area contributed by atoms with Crippen LogP contribution in [0, 0.1) is 5.41 Å². The van der Waals surface area contributed by atoms with Crippen molar-refractivity contribution in [1.82, 2.24) is 9.97 Å². The number of aromatic nitrogens is 2. The van der Waals surface area contributed by atoms with Crippen molar-refractivity contribution in [3.05, 3.63) is 45.2 Å². The molecule has 1 aliphatic heterocycles. The van der Waals surface area contributed by atoms with Crippen LogP contribution in [0.15, 0.2) is 18.2 Å². The first-order chi connectivity index (χ1) is 12.7. The van der Waals surface area contributed by atoms with Gasteiger partial charge in [0.25, 0.3) is 0 Å². The van der Waals surface area contributed by atoms with Gasteiger partial charge in [-0.1, -0.05) is 35.3 Å². The second kappa shape index (κ2) is 7.58. The second-order valence-electron chi connectivity index (χ2n) is 6.98. The highest BCUT2D eigenvalue weighted by atomic mass is 35.5. The van der Waals surface area contributed by atoms with Crippen LogP contribution in [0.5, 0.6) is 0 Å². The summed E-state index contributed by atoms with van der Waals surface area (Å²) >= 11 is 12.2. The Balaban J connectivity index is 1.97. The van der Waals surface area contributed by atoms with Gasteiger partial charge in [0.2, 0.25) is 0 Å². The molecule has 0 unspecified atom stereocenters. The first kappa shape index (κ1) is 19.8. The fraction of sp³-hybridized carbons (Fsp3) is 0.389. The third-order valence-electron chi connectivity index (χ3n) is 4.76. The molecule has 1 aromatic carbocycles. The van der Waals surface area contributed by atoms with Crippen LogP contribution in [-0.2, 0) is 6.67 Å². The summed E-state index contributed by atoms with van der Waals surface area (Å²) in [5, 5.41) is 8.94. The fourth-order valence-electron chi connectivity index (χ4n) is 3.05. The van der Waals surface area contributed by atoms with Gasteiger partial charge >= 0.3 is 0 Å². The molecule has 1 aromatic heterocycles. The van der Waals surface area contributed by atoms with Gasteiger partial charge in [-0.2, -0.15) is 0 Å². The number of nitrogen functional groups attached to an aromatic ring is 1. The molecule has 0 spiro atoms. The average molecular weight is 411 g/mol. The van der Waals surface area contributed by atoms with Gasteiger partial charge in [-0.05, 0) is 25.8 Å². The molecule has 2 aromatic rings.